The van der Waals surface area contributed by atoms with Crippen LogP contribution in [0.25, 0.3) is 17.2 Å². The van der Waals surface area contributed by atoms with Crippen LogP contribution in [0.5, 0.6) is 11.5 Å². The molecule has 3 aromatic rings. The first-order valence-corrected chi connectivity index (χ1v) is 10.5. The summed E-state index contributed by atoms with van der Waals surface area (Å²) in [5, 5.41) is 9.04. The Kier molecular flexibility index (Phi) is 7.35. The number of rotatable bonds is 7. The van der Waals surface area contributed by atoms with E-state index in [0.717, 1.165) is 11.6 Å². The lowest BCUT2D eigenvalue weighted by Gasteiger charge is -2.19. The first-order chi connectivity index (χ1) is 15.9. The van der Waals surface area contributed by atoms with Gasteiger partial charge < -0.3 is 14.6 Å². The third kappa shape index (κ3) is 7.13. The maximum Gasteiger partial charge on any atom is 0.573 e. The number of aliphatic carboxylic acids is 1. The highest BCUT2D eigenvalue weighted by molar-refractivity contribution is 5.86. The summed E-state index contributed by atoms with van der Waals surface area (Å²) >= 11 is 0. The molecule has 0 aromatic heterocycles. The van der Waals surface area contributed by atoms with E-state index in [1.165, 1.54) is 35.9 Å². The molecule has 0 atom stereocenters. The summed E-state index contributed by atoms with van der Waals surface area (Å²) in [6.07, 6.45) is -2.34. The summed E-state index contributed by atoms with van der Waals surface area (Å²) in [5.41, 5.74) is 4.07. The van der Waals surface area contributed by atoms with Gasteiger partial charge in [-0.05, 0) is 58.0 Å². The summed E-state index contributed by atoms with van der Waals surface area (Å²) < 4.78 is 47.0. The zero-order valence-corrected chi connectivity index (χ0v) is 19.0. The quantitative estimate of drug-likeness (QED) is 0.370. The molecule has 3 aromatic carbocycles. The van der Waals surface area contributed by atoms with Gasteiger partial charge in [0.15, 0.2) is 0 Å². The number of hydrogen-bond acceptors (Lipinski definition) is 3. The van der Waals surface area contributed by atoms with Gasteiger partial charge in [0.1, 0.15) is 18.1 Å². The van der Waals surface area contributed by atoms with E-state index in [4.69, 9.17) is 9.84 Å². The van der Waals surface area contributed by atoms with E-state index in [0.29, 0.717) is 29.0 Å². The topological polar surface area (TPSA) is 55.8 Å². The Hall–Kier alpha value is -3.74. The van der Waals surface area contributed by atoms with Gasteiger partial charge >= 0.3 is 12.3 Å². The van der Waals surface area contributed by atoms with Crippen molar-refractivity contribution in [3.8, 4) is 22.6 Å². The van der Waals surface area contributed by atoms with Gasteiger partial charge in [-0.25, -0.2) is 4.79 Å². The molecule has 0 unspecified atom stereocenters. The number of ether oxygens (including phenoxy) is 2. The van der Waals surface area contributed by atoms with Gasteiger partial charge in [0.25, 0.3) is 0 Å². The van der Waals surface area contributed by atoms with Gasteiger partial charge in [0, 0.05) is 11.6 Å². The van der Waals surface area contributed by atoms with Crippen LogP contribution in [-0.4, -0.2) is 17.4 Å². The van der Waals surface area contributed by atoms with Crippen molar-refractivity contribution in [3.63, 3.8) is 0 Å². The van der Waals surface area contributed by atoms with Gasteiger partial charge in [-0.1, -0.05) is 63.2 Å². The zero-order valence-electron chi connectivity index (χ0n) is 19.0. The maximum atomic E-state index is 12.4. The Bertz CT molecular complexity index is 1160. The highest BCUT2D eigenvalue weighted by Crippen LogP contribution is 2.31. The Morgan fingerprint density at radius 1 is 0.912 bits per heavy atom. The highest BCUT2D eigenvalue weighted by Gasteiger charge is 2.31. The number of carboxylic acids is 1. The predicted molar refractivity (Wildman–Crippen MR) is 125 cm³/mol. The van der Waals surface area contributed by atoms with E-state index < -0.39 is 12.3 Å². The molecule has 0 aliphatic heterocycles. The second kappa shape index (κ2) is 10.0. The molecule has 3 rings (SSSR count). The van der Waals surface area contributed by atoms with E-state index in [2.05, 4.69) is 37.6 Å². The van der Waals surface area contributed by atoms with Crippen LogP contribution in [0.1, 0.15) is 37.5 Å². The van der Waals surface area contributed by atoms with E-state index in [9.17, 15) is 18.0 Å². The van der Waals surface area contributed by atoms with Crippen molar-refractivity contribution in [1.29, 1.82) is 0 Å². The summed E-state index contributed by atoms with van der Waals surface area (Å²) in [6, 6.07) is 18.7. The summed E-state index contributed by atoms with van der Waals surface area (Å²) in [5.74, 6) is -0.944. The Morgan fingerprint density at radius 2 is 1.53 bits per heavy atom. The Morgan fingerprint density at radius 3 is 2.09 bits per heavy atom. The van der Waals surface area contributed by atoms with Crippen LogP contribution in [0, 0.1) is 0 Å². The molecule has 0 fully saturated rings. The second-order valence-electron chi connectivity index (χ2n) is 8.73. The summed E-state index contributed by atoms with van der Waals surface area (Å²) in [7, 11) is 0. The van der Waals surface area contributed by atoms with Gasteiger partial charge in [0.05, 0.1) is 0 Å². The normalized spacial score (nSPS) is 12.1. The number of alkyl halides is 3. The molecule has 0 amide bonds. The third-order valence-electron chi connectivity index (χ3n) is 5.05. The van der Waals surface area contributed by atoms with Crippen LogP contribution < -0.4 is 9.47 Å². The molecule has 178 valence electrons. The number of benzene rings is 3. The lowest BCUT2D eigenvalue weighted by Crippen LogP contribution is -2.16. The molecule has 0 aliphatic rings. The smallest absolute Gasteiger partial charge is 0.488 e. The van der Waals surface area contributed by atoms with Crippen LogP contribution >= 0.6 is 0 Å². The monoisotopic (exact) mass is 470 g/mol. The maximum absolute atomic E-state index is 12.4. The van der Waals surface area contributed by atoms with Gasteiger partial charge in [-0.2, -0.15) is 0 Å². The van der Waals surface area contributed by atoms with Crippen molar-refractivity contribution >= 4 is 12.0 Å². The van der Waals surface area contributed by atoms with Crippen LogP contribution in [-0.2, 0) is 16.8 Å². The first-order valence-electron chi connectivity index (χ1n) is 10.5. The van der Waals surface area contributed by atoms with Crippen LogP contribution in [0.3, 0.4) is 0 Å². The number of halogens is 3. The van der Waals surface area contributed by atoms with E-state index >= 15 is 0 Å². The number of carboxylic acid groups (broad SMARTS) is 1. The van der Waals surface area contributed by atoms with Crippen molar-refractivity contribution in [2.45, 2.75) is 39.2 Å². The fraction of sp³-hybridized carbons (Fsp3) is 0.222. The average molecular weight is 470 g/mol. The van der Waals surface area contributed by atoms with Gasteiger partial charge in [0.2, 0.25) is 0 Å². The summed E-state index contributed by atoms with van der Waals surface area (Å²) in [4.78, 5) is 11.0. The molecule has 0 radical (unpaired) electrons. The van der Waals surface area contributed by atoms with E-state index in [-0.39, 0.29) is 11.2 Å². The highest BCUT2D eigenvalue weighted by atomic mass is 19.4. The minimum Gasteiger partial charge on any atom is -0.488 e. The number of hydrogen-bond donors (Lipinski definition) is 1. The standard InChI is InChI=1S/C27H25F3O4/c1-26(2,3)22-10-4-18(5-11-22)17-33-24-14-8-20(16-21(24)9-15-25(31)32)19-6-12-23(13-7-19)34-27(28,29)30/h4-16H,17H2,1-3H3,(H,31,32). The SMILES string of the molecule is CC(C)(C)c1ccc(COc2ccc(-c3ccc(OC(F)(F)F)cc3)cc2C=CC(=O)O)cc1. The predicted octanol–water partition coefficient (Wildman–Crippen LogP) is 7.23. The minimum atomic E-state index is -4.76. The van der Waals surface area contributed by atoms with Crippen molar-refractivity contribution in [2.75, 3.05) is 0 Å². The molecule has 0 saturated carbocycles. The van der Waals surface area contributed by atoms with Crippen LogP contribution in [0.15, 0.2) is 72.8 Å². The fourth-order valence-electron chi connectivity index (χ4n) is 3.26. The first kappa shape index (κ1) is 24.9. The molecule has 7 heteroatoms. The molecule has 0 spiro atoms. The second-order valence-corrected chi connectivity index (χ2v) is 8.73. The van der Waals surface area contributed by atoms with Crippen molar-refractivity contribution in [1.82, 2.24) is 0 Å². The molecular formula is C27H25F3O4. The zero-order chi connectivity index (χ0) is 24.9. The largest absolute Gasteiger partial charge is 0.573 e. The van der Waals surface area contributed by atoms with Crippen molar-refractivity contribution in [2.24, 2.45) is 0 Å². The number of carbonyl (C=O) groups is 1. The van der Waals surface area contributed by atoms with Gasteiger partial charge in [-0.15, -0.1) is 13.2 Å². The van der Waals surface area contributed by atoms with E-state index in [1.807, 2.05) is 12.1 Å². The Labute approximate surface area is 196 Å². The molecule has 0 aliphatic carbocycles. The van der Waals surface area contributed by atoms with Crippen molar-refractivity contribution in [3.05, 3.63) is 89.5 Å². The molecule has 0 bridgehead atoms. The lowest BCUT2D eigenvalue weighted by molar-refractivity contribution is -0.274. The van der Waals surface area contributed by atoms with Crippen LogP contribution in [0.4, 0.5) is 13.2 Å². The van der Waals surface area contributed by atoms with Crippen molar-refractivity contribution < 1.29 is 32.5 Å². The molecule has 34 heavy (non-hydrogen) atoms. The van der Waals surface area contributed by atoms with Gasteiger partial charge in [-0.3, -0.25) is 0 Å². The molecule has 0 saturated heterocycles. The Balaban J connectivity index is 1.82. The molecule has 1 N–H and O–H groups in total. The average Bonchev–Trinajstić information content (AvgIpc) is 2.75. The molecule has 4 nitrogen and oxygen atoms in total. The third-order valence-corrected chi connectivity index (χ3v) is 5.05. The minimum absolute atomic E-state index is 0.0427. The molecular weight excluding hydrogens is 445 g/mol. The van der Waals surface area contributed by atoms with E-state index in [1.54, 1.807) is 18.2 Å². The lowest BCUT2D eigenvalue weighted by atomic mass is 9.87. The molecule has 0 heterocycles. The summed E-state index contributed by atoms with van der Waals surface area (Å²) in [6.45, 7) is 6.70. The fourth-order valence-corrected chi connectivity index (χ4v) is 3.26. The van der Waals surface area contributed by atoms with Crippen LogP contribution in [0.2, 0.25) is 0 Å².